The van der Waals surface area contributed by atoms with E-state index in [2.05, 4.69) is 10.6 Å². The highest BCUT2D eigenvalue weighted by molar-refractivity contribution is 7.91. The Balaban J connectivity index is 1.59. The predicted octanol–water partition coefficient (Wildman–Crippen LogP) is 0.969. The topological polar surface area (TPSA) is 102 Å². The fourth-order valence-electron chi connectivity index (χ4n) is 2.89. The number of hydrogen-bond donors (Lipinski definition) is 2. The number of carbonyl (C=O) groups excluding carboxylic acids is 2. The SMILES string of the molecule is Cc1ccc(S(=O)(=O)CNC(=O)[C@H]2COC(=O)[C@H](Cc3ccccc3)N2)cc1. The zero-order valence-electron chi connectivity index (χ0n) is 15.4. The lowest BCUT2D eigenvalue weighted by Gasteiger charge is -2.29. The first-order valence-corrected chi connectivity index (χ1v) is 10.5. The van der Waals surface area contributed by atoms with Gasteiger partial charge in [0.2, 0.25) is 5.91 Å². The minimum atomic E-state index is -3.65. The first-order chi connectivity index (χ1) is 13.3. The van der Waals surface area contributed by atoms with Crippen LogP contribution >= 0.6 is 0 Å². The van der Waals surface area contributed by atoms with Crippen molar-refractivity contribution in [3.05, 3.63) is 65.7 Å². The molecule has 1 aliphatic heterocycles. The van der Waals surface area contributed by atoms with Crippen molar-refractivity contribution >= 4 is 21.7 Å². The zero-order valence-corrected chi connectivity index (χ0v) is 16.2. The Labute approximate surface area is 164 Å². The number of rotatable bonds is 6. The van der Waals surface area contributed by atoms with Gasteiger partial charge in [-0.05, 0) is 31.0 Å². The Morgan fingerprint density at radius 3 is 2.50 bits per heavy atom. The summed E-state index contributed by atoms with van der Waals surface area (Å²) in [5.41, 5.74) is 1.88. The molecule has 2 atom stereocenters. The zero-order chi connectivity index (χ0) is 20.1. The van der Waals surface area contributed by atoms with Gasteiger partial charge in [-0.3, -0.25) is 14.9 Å². The molecule has 0 saturated carbocycles. The van der Waals surface area contributed by atoms with Gasteiger partial charge in [-0.2, -0.15) is 0 Å². The predicted molar refractivity (Wildman–Crippen MR) is 103 cm³/mol. The van der Waals surface area contributed by atoms with Crippen LogP contribution in [0.25, 0.3) is 0 Å². The summed E-state index contributed by atoms with van der Waals surface area (Å²) in [4.78, 5) is 24.5. The van der Waals surface area contributed by atoms with E-state index in [-0.39, 0.29) is 11.5 Å². The fourth-order valence-corrected chi connectivity index (χ4v) is 3.94. The van der Waals surface area contributed by atoms with Gasteiger partial charge < -0.3 is 10.1 Å². The molecule has 1 saturated heterocycles. The second kappa shape index (κ2) is 8.53. The highest BCUT2D eigenvalue weighted by atomic mass is 32.2. The number of ether oxygens (including phenoxy) is 1. The summed E-state index contributed by atoms with van der Waals surface area (Å²) in [5.74, 6) is -1.48. The molecule has 0 spiro atoms. The first-order valence-electron chi connectivity index (χ1n) is 8.89. The normalized spacial score (nSPS) is 19.7. The number of esters is 1. The summed E-state index contributed by atoms with van der Waals surface area (Å²) >= 11 is 0. The summed E-state index contributed by atoms with van der Waals surface area (Å²) in [6, 6.07) is 14.3. The second-order valence-corrected chi connectivity index (χ2v) is 8.69. The van der Waals surface area contributed by atoms with Crippen molar-refractivity contribution in [3.8, 4) is 0 Å². The van der Waals surface area contributed by atoms with Crippen LogP contribution in [0.5, 0.6) is 0 Å². The molecule has 0 unspecified atom stereocenters. The van der Waals surface area contributed by atoms with Crippen molar-refractivity contribution in [1.29, 1.82) is 0 Å². The summed E-state index contributed by atoms with van der Waals surface area (Å²) in [7, 11) is -3.65. The Morgan fingerprint density at radius 1 is 1.14 bits per heavy atom. The largest absolute Gasteiger partial charge is 0.462 e. The lowest BCUT2D eigenvalue weighted by molar-refractivity contribution is -0.153. The van der Waals surface area contributed by atoms with E-state index in [0.717, 1.165) is 11.1 Å². The van der Waals surface area contributed by atoms with Gasteiger partial charge >= 0.3 is 5.97 Å². The summed E-state index contributed by atoms with van der Waals surface area (Å²) in [6.07, 6.45) is 0.380. The van der Waals surface area contributed by atoms with Gasteiger partial charge in [0.15, 0.2) is 9.84 Å². The standard InChI is InChI=1S/C20H22N2O5S/c1-14-7-9-16(10-8-14)28(25,26)13-21-19(23)18-12-27-20(24)17(22-18)11-15-5-3-2-4-6-15/h2-10,17-18,22H,11-13H2,1H3,(H,21,23)/t17-,18+/m0/s1. The third-order valence-corrected chi connectivity index (χ3v) is 6.01. The second-order valence-electron chi connectivity index (χ2n) is 6.70. The minimum absolute atomic E-state index is 0.138. The summed E-state index contributed by atoms with van der Waals surface area (Å²) < 4.78 is 29.9. The van der Waals surface area contributed by atoms with E-state index in [4.69, 9.17) is 4.74 Å². The molecule has 148 valence electrons. The minimum Gasteiger partial charge on any atom is -0.462 e. The summed E-state index contributed by atoms with van der Waals surface area (Å²) in [6.45, 7) is 1.72. The highest BCUT2D eigenvalue weighted by Crippen LogP contribution is 2.12. The maximum atomic E-state index is 12.4. The van der Waals surface area contributed by atoms with Gasteiger partial charge in [0.1, 0.15) is 24.6 Å². The van der Waals surface area contributed by atoms with Gasteiger partial charge in [0.05, 0.1) is 4.90 Å². The van der Waals surface area contributed by atoms with Crippen molar-refractivity contribution in [2.75, 3.05) is 12.5 Å². The molecule has 1 amide bonds. The molecule has 2 aromatic carbocycles. The van der Waals surface area contributed by atoms with E-state index in [0.29, 0.717) is 6.42 Å². The molecule has 3 rings (SSSR count). The summed E-state index contributed by atoms with van der Waals surface area (Å²) in [5, 5.41) is 5.38. The fraction of sp³-hybridized carbons (Fsp3) is 0.300. The Hall–Kier alpha value is -2.71. The Kier molecular flexibility index (Phi) is 6.11. The molecule has 1 fully saturated rings. The molecule has 7 nitrogen and oxygen atoms in total. The highest BCUT2D eigenvalue weighted by Gasteiger charge is 2.34. The lowest BCUT2D eigenvalue weighted by atomic mass is 10.0. The number of carbonyl (C=O) groups is 2. The smallest absolute Gasteiger partial charge is 0.323 e. The van der Waals surface area contributed by atoms with Crippen molar-refractivity contribution in [3.63, 3.8) is 0 Å². The third kappa shape index (κ3) is 4.96. The van der Waals surface area contributed by atoms with Gasteiger partial charge in [-0.25, -0.2) is 8.42 Å². The van der Waals surface area contributed by atoms with Crippen LogP contribution in [-0.4, -0.2) is 44.9 Å². The number of hydrogen-bond acceptors (Lipinski definition) is 6. The van der Waals surface area contributed by atoms with Gasteiger partial charge in [-0.1, -0.05) is 48.0 Å². The molecular formula is C20H22N2O5S. The van der Waals surface area contributed by atoms with Crippen molar-refractivity contribution in [2.24, 2.45) is 0 Å². The van der Waals surface area contributed by atoms with E-state index < -0.39 is 39.7 Å². The Morgan fingerprint density at radius 2 is 1.82 bits per heavy atom. The molecule has 0 aliphatic carbocycles. The van der Waals surface area contributed by atoms with Crippen LogP contribution < -0.4 is 10.6 Å². The van der Waals surface area contributed by atoms with Crippen LogP contribution in [0.1, 0.15) is 11.1 Å². The van der Waals surface area contributed by atoms with Crippen LogP contribution in [0.2, 0.25) is 0 Å². The van der Waals surface area contributed by atoms with E-state index in [1.807, 2.05) is 37.3 Å². The molecule has 28 heavy (non-hydrogen) atoms. The van der Waals surface area contributed by atoms with Crippen LogP contribution in [0.3, 0.4) is 0 Å². The van der Waals surface area contributed by atoms with Crippen molar-refractivity contribution in [1.82, 2.24) is 10.6 Å². The Bertz CT molecular complexity index is 942. The third-order valence-electron chi connectivity index (χ3n) is 4.49. The monoisotopic (exact) mass is 402 g/mol. The molecule has 8 heteroatoms. The van der Waals surface area contributed by atoms with E-state index in [1.54, 1.807) is 12.1 Å². The van der Waals surface area contributed by atoms with E-state index in [1.165, 1.54) is 12.1 Å². The molecule has 1 heterocycles. The molecule has 0 bridgehead atoms. The van der Waals surface area contributed by atoms with Crippen LogP contribution in [0.4, 0.5) is 0 Å². The van der Waals surface area contributed by atoms with Gasteiger partial charge in [0, 0.05) is 0 Å². The average molecular weight is 402 g/mol. The van der Waals surface area contributed by atoms with Gasteiger partial charge in [-0.15, -0.1) is 0 Å². The molecule has 2 aromatic rings. The number of cyclic esters (lactones) is 1. The van der Waals surface area contributed by atoms with Gasteiger partial charge in [0.25, 0.3) is 0 Å². The van der Waals surface area contributed by atoms with Crippen molar-refractivity contribution < 1.29 is 22.7 Å². The van der Waals surface area contributed by atoms with Crippen LogP contribution in [0, 0.1) is 6.92 Å². The molecule has 0 aromatic heterocycles. The molecule has 0 radical (unpaired) electrons. The quantitative estimate of drug-likeness (QED) is 0.698. The number of amides is 1. The lowest BCUT2D eigenvalue weighted by Crippen LogP contribution is -2.58. The molecule has 1 aliphatic rings. The number of nitrogens with one attached hydrogen (secondary N) is 2. The molecule has 2 N–H and O–H groups in total. The average Bonchev–Trinajstić information content (AvgIpc) is 2.69. The number of benzene rings is 2. The number of sulfone groups is 1. The maximum Gasteiger partial charge on any atom is 0.323 e. The first kappa shape index (κ1) is 20.0. The van der Waals surface area contributed by atoms with Crippen LogP contribution in [0.15, 0.2) is 59.5 Å². The number of morpholine rings is 1. The van der Waals surface area contributed by atoms with E-state index >= 15 is 0 Å². The maximum absolute atomic E-state index is 12.4. The van der Waals surface area contributed by atoms with E-state index in [9.17, 15) is 18.0 Å². The van der Waals surface area contributed by atoms with Crippen LogP contribution in [-0.2, 0) is 30.6 Å². The van der Waals surface area contributed by atoms with Crippen molar-refractivity contribution in [2.45, 2.75) is 30.3 Å². The molecular weight excluding hydrogens is 380 g/mol. The number of aryl methyl sites for hydroxylation is 1.